The van der Waals surface area contributed by atoms with Crippen molar-refractivity contribution in [2.45, 2.75) is 6.54 Å². The van der Waals surface area contributed by atoms with Crippen LogP contribution in [0.15, 0.2) is 59.2 Å². The van der Waals surface area contributed by atoms with Crippen molar-refractivity contribution in [1.29, 1.82) is 0 Å². The van der Waals surface area contributed by atoms with Crippen molar-refractivity contribution >= 4 is 32.8 Å². The van der Waals surface area contributed by atoms with Crippen molar-refractivity contribution in [2.24, 2.45) is 0 Å². The predicted octanol–water partition coefficient (Wildman–Crippen LogP) is 4.24. The Morgan fingerprint density at radius 1 is 1.14 bits per heavy atom. The number of ether oxygens (including phenoxy) is 1. The average molecular weight is 344 g/mol. The van der Waals surface area contributed by atoms with E-state index in [9.17, 15) is 4.79 Å². The third-order valence-corrected chi connectivity index (χ3v) is 4.14. The summed E-state index contributed by atoms with van der Waals surface area (Å²) in [7, 11) is 1.40. The summed E-state index contributed by atoms with van der Waals surface area (Å²) in [5.74, 6) is -0.305. The molecule has 0 saturated heterocycles. The lowest BCUT2D eigenvalue weighted by molar-refractivity contribution is 0.0599. The summed E-state index contributed by atoms with van der Waals surface area (Å²) in [5.41, 5.74) is 2.68. The van der Waals surface area contributed by atoms with Crippen molar-refractivity contribution in [2.75, 3.05) is 7.11 Å². The van der Waals surface area contributed by atoms with E-state index in [4.69, 9.17) is 4.74 Å². The number of benzene rings is 2. The number of carbonyl (C=O) groups excluding carboxylic acids is 1. The second-order valence-corrected chi connectivity index (χ2v) is 5.63. The van der Waals surface area contributed by atoms with Gasteiger partial charge in [-0.2, -0.15) is 0 Å². The quantitative estimate of drug-likeness (QED) is 0.666. The van der Waals surface area contributed by atoms with Crippen LogP contribution in [0.1, 0.15) is 15.9 Å². The highest BCUT2D eigenvalue weighted by Crippen LogP contribution is 2.27. The Balaban J connectivity index is 2.05. The van der Waals surface area contributed by atoms with Gasteiger partial charge in [-0.25, -0.2) is 4.79 Å². The van der Waals surface area contributed by atoms with E-state index in [1.165, 1.54) is 7.11 Å². The molecule has 3 aromatic rings. The first-order valence-corrected chi connectivity index (χ1v) is 7.39. The Bertz CT molecular complexity index is 807. The number of fused-ring (bicyclic) bond motifs is 1. The maximum absolute atomic E-state index is 11.9. The molecule has 0 bridgehead atoms. The van der Waals surface area contributed by atoms with Crippen LogP contribution in [-0.2, 0) is 11.3 Å². The number of para-hydroxylation sites is 1. The van der Waals surface area contributed by atoms with E-state index in [-0.39, 0.29) is 5.97 Å². The maximum atomic E-state index is 11.9. The van der Waals surface area contributed by atoms with Gasteiger partial charge in [-0.1, -0.05) is 36.4 Å². The number of hydrogen-bond donors (Lipinski definition) is 0. The van der Waals surface area contributed by atoms with Gasteiger partial charge < -0.3 is 9.30 Å². The average Bonchev–Trinajstić information content (AvgIpc) is 2.84. The molecule has 0 spiro atoms. The molecule has 0 saturated carbocycles. The van der Waals surface area contributed by atoms with Crippen LogP contribution < -0.4 is 0 Å². The standard InChI is InChI=1S/C17H14BrNO2/c1-21-17(20)13-7-3-2-6-12(13)10-19-11-15(18)14-8-4-5-9-16(14)19/h2-9,11H,10H2,1H3. The summed E-state index contributed by atoms with van der Waals surface area (Å²) in [5, 5.41) is 1.16. The summed E-state index contributed by atoms with van der Waals surface area (Å²) in [6.45, 7) is 0.622. The van der Waals surface area contributed by atoms with Gasteiger partial charge in [0.25, 0.3) is 0 Å². The normalized spacial score (nSPS) is 10.8. The number of hydrogen-bond acceptors (Lipinski definition) is 2. The van der Waals surface area contributed by atoms with Crippen molar-refractivity contribution in [3.05, 3.63) is 70.3 Å². The van der Waals surface area contributed by atoms with Gasteiger partial charge in [0, 0.05) is 28.1 Å². The number of aromatic nitrogens is 1. The van der Waals surface area contributed by atoms with E-state index in [0.717, 1.165) is 20.9 Å². The molecule has 0 fully saturated rings. The smallest absolute Gasteiger partial charge is 0.338 e. The number of rotatable bonds is 3. The van der Waals surface area contributed by atoms with Crippen LogP contribution in [0.4, 0.5) is 0 Å². The lowest BCUT2D eigenvalue weighted by Gasteiger charge is -2.09. The van der Waals surface area contributed by atoms with Gasteiger partial charge in [-0.15, -0.1) is 0 Å². The highest BCUT2D eigenvalue weighted by atomic mass is 79.9. The number of halogens is 1. The zero-order chi connectivity index (χ0) is 14.8. The molecule has 0 aliphatic rings. The van der Waals surface area contributed by atoms with E-state index < -0.39 is 0 Å². The number of esters is 1. The Kier molecular flexibility index (Phi) is 3.80. The molecule has 3 nitrogen and oxygen atoms in total. The van der Waals surface area contributed by atoms with E-state index in [1.807, 2.05) is 36.5 Å². The minimum Gasteiger partial charge on any atom is -0.465 e. The molecule has 1 heterocycles. The molecule has 106 valence electrons. The number of nitrogens with zero attached hydrogens (tertiary/aromatic N) is 1. The summed E-state index contributed by atoms with van der Waals surface area (Å²) in [4.78, 5) is 11.9. The molecule has 0 aliphatic heterocycles. The predicted molar refractivity (Wildman–Crippen MR) is 86.5 cm³/mol. The Morgan fingerprint density at radius 3 is 2.67 bits per heavy atom. The molecular formula is C17H14BrNO2. The highest BCUT2D eigenvalue weighted by Gasteiger charge is 2.13. The molecule has 0 radical (unpaired) electrons. The zero-order valence-corrected chi connectivity index (χ0v) is 13.1. The largest absolute Gasteiger partial charge is 0.465 e. The van der Waals surface area contributed by atoms with Crippen LogP contribution in [0.2, 0.25) is 0 Å². The van der Waals surface area contributed by atoms with Crippen molar-refractivity contribution in [3.63, 3.8) is 0 Å². The molecule has 0 amide bonds. The maximum Gasteiger partial charge on any atom is 0.338 e. The SMILES string of the molecule is COC(=O)c1ccccc1Cn1cc(Br)c2ccccc21. The molecule has 2 aromatic carbocycles. The third kappa shape index (κ3) is 2.59. The van der Waals surface area contributed by atoms with E-state index >= 15 is 0 Å². The van der Waals surface area contributed by atoms with Crippen molar-refractivity contribution in [3.8, 4) is 0 Å². The highest BCUT2D eigenvalue weighted by molar-refractivity contribution is 9.10. The van der Waals surface area contributed by atoms with Crippen LogP contribution in [0.5, 0.6) is 0 Å². The molecule has 21 heavy (non-hydrogen) atoms. The minimum atomic E-state index is -0.305. The molecule has 4 heteroatoms. The van der Waals surface area contributed by atoms with Crippen LogP contribution in [0, 0.1) is 0 Å². The van der Waals surface area contributed by atoms with Gasteiger partial charge in [-0.05, 0) is 33.6 Å². The first-order chi connectivity index (χ1) is 10.2. The first kappa shape index (κ1) is 13.9. The van der Waals surface area contributed by atoms with Gasteiger partial charge in [0.15, 0.2) is 0 Å². The first-order valence-electron chi connectivity index (χ1n) is 6.60. The van der Waals surface area contributed by atoms with E-state index in [0.29, 0.717) is 12.1 Å². The van der Waals surface area contributed by atoms with Gasteiger partial charge in [0.05, 0.1) is 12.7 Å². The fraction of sp³-hybridized carbons (Fsp3) is 0.118. The topological polar surface area (TPSA) is 31.2 Å². The van der Waals surface area contributed by atoms with Gasteiger partial charge in [0.1, 0.15) is 0 Å². The van der Waals surface area contributed by atoms with E-state index in [2.05, 4.69) is 32.6 Å². The van der Waals surface area contributed by atoms with Crippen LogP contribution >= 0.6 is 15.9 Å². The van der Waals surface area contributed by atoms with E-state index in [1.54, 1.807) is 6.07 Å². The molecule has 1 aromatic heterocycles. The molecule has 0 unspecified atom stereocenters. The van der Waals surface area contributed by atoms with Crippen LogP contribution in [0.25, 0.3) is 10.9 Å². The summed E-state index contributed by atoms with van der Waals surface area (Å²) in [6, 6.07) is 15.7. The van der Waals surface area contributed by atoms with Gasteiger partial charge in [0.2, 0.25) is 0 Å². The summed E-state index contributed by atoms with van der Waals surface area (Å²) >= 11 is 3.58. The Labute approximate surface area is 131 Å². The van der Waals surface area contributed by atoms with Crippen LogP contribution in [0.3, 0.4) is 0 Å². The van der Waals surface area contributed by atoms with Gasteiger partial charge in [-0.3, -0.25) is 0 Å². The summed E-state index contributed by atoms with van der Waals surface area (Å²) in [6.07, 6.45) is 2.04. The second kappa shape index (κ2) is 5.74. The fourth-order valence-corrected chi connectivity index (χ4v) is 3.07. The molecule has 0 atom stereocenters. The lowest BCUT2D eigenvalue weighted by Crippen LogP contribution is -2.08. The lowest BCUT2D eigenvalue weighted by atomic mass is 10.1. The molecule has 0 aliphatic carbocycles. The zero-order valence-electron chi connectivity index (χ0n) is 11.5. The minimum absolute atomic E-state index is 0.305. The van der Waals surface area contributed by atoms with Crippen molar-refractivity contribution < 1.29 is 9.53 Å². The third-order valence-electron chi connectivity index (χ3n) is 3.50. The monoisotopic (exact) mass is 343 g/mol. The van der Waals surface area contributed by atoms with Gasteiger partial charge >= 0.3 is 5.97 Å². The number of carbonyl (C=O) groups is 1. The number of methoxy groups -OCH3 is 1. The Morgan fingerprint density at radius 2 is 1.86 bits per heavy atom. The van der Waals surface area contributed by atoms with Crippen LogP contribution in [-0.4, -0.2) is 17.6 Å². The molecule has 0 N–H and O–H groups in total. The fourth-order valence-electron chi connectivity index (χ4n) is 2.48. The second-order valence-electron chi connectivity index (χ2n) is 4.77. The molecule has 3 rings (SSSR count). The Hall–Kier alpha value is -2.07. The van der Waals surface area contributed by atoms with Crippen molar-refractivity contribution in [1.82, 2.24) is 4.57 Å². The summed E-state index contributed by atoms with van der Waals surface area (Å²) < 4.78 is 8.03. The molecular weight excluding hydrogens is 330 g/mol.